The van der Waals surface area contributed by atoms with E-state index in [1.165, 1.54) is 18.3 Å². The van der Waals surface area contributed by atoms with E-state index in [9.17, 15) is 9.59 Å². The van der Waals surface area contributed by atoms with Gasteiger partial charge in [-0.15, -0.1) is 0 Å². The van der Waals surface area contributed by atoms with E-state index in [4.69, 9.17) is 9.47 Å². The van der Waals surface area contributed by atoms with Gasteiger partial charge in [0.05, 0.1) is 49.0 Å². The molecule has 0 spiro atoms. The number of nitrogens with one attached hydrogen (secondary N) is 1. The highest BCUT2D eigenvalue weighted by molar-refractivity contribution is 5.78. The first-order valence-corrected chi connectivity index (χ1v) is 11.1. The highest BCUT2D eigenvalue weighted by atomic mass is 19.1. The molecule has 186 valence electrons. The van der Waals surface area contributed by atoms with Crippen LogP contribution >= 0.6 is 0 Å². The van der Waals surface area contributed by atoms with Crippen molar-refractivity contribution in [2.75, 3.05) is 31.8 Å². The molecule has 0 bridgehead atoms. The fourth-order valence-corrected chi connectivity index (χ4v) is 4.40. The van der Waals surface area contributed by atoms with E-state index in [1.807, 2.05) is 19.1 Å². The summed E-state index contributed by atoms with van der Waals surface area (Å²) in [5.41, 5.74) is 4.46. The van der Waals surface area contributed by atoms with Crippen LogP contribution in [-0.4, -0.2) is 65.6 Å². The molecule has 36 heavy (non-hydrogen) atoms. The number of imidazole rings is 1. The molecule has 1 saturated heterocycles. The molecule has 2 aliphatic heterocycles. The molecule has 10 nitrogen and oxygen atoms in total. The number of hydrogen-bond acceptors (Lipinski definition) is 8. The SMILES string of the molecule is COC(=O)N1CCO[C@@H](Cc2c(-c3c(F)cc(N4NC=NC4=C=O)cc3F)nc3cc(C)ccn23)C1. The zero-order valence-electron chi connectivity index (χ0n) is 19.5. The van der Waals surface area contributed by atoms with E-state index < -0.39 is 23.8 Å². The maximum Gasteiger partial charge on any atom is 0.409 e. The highest BCUT2D eigenvalue weighted by Gasteiger charge is 2.29. The van der Waals surface area contributed by atoms with Crippen LogP contribution in [0.5, 0.6) is 0 Å². The van der Waals surface area contributed by atoms with Gasteiger partial charge >= 0.3 is 6.09 Å². The number of morpholine rings is 1. The number of hydrogen-bond donors (Lipinski definition) is 1. The average Bonchev–Trinajstić information content (AvgIpc) is 3.48. The van der Waals surface area contributed by atoms with Gasteiger partial charge < -0.3 is 18.8 Å². The summed E-state index contributed by atoms with van der Waals surface area (Å²) in [5.74, 6) is -0.284. The minimum Gasteiger partial charge on any atom is -0.453 e. The lowest BCUT2D eigenvalue weighted by Crippen LogP contribution is -2.46. The van der Waals surface area contributed by atoms with Gasteiger partial charge in [0, 0.05) is 31.3 Å². The first kappa shape index (κ1) is 23.5. The van der Waals surface area contributed by atoms with E-state index in [0.717, 1.165) is 22.7 Å². The van der Waals surface area contributed by atoms with Gasteiger partial charge in [-0.2, -0.15) is 0 Å². The Bertz CT molecular complexity index is 1410. The summed E-state index contributed by atoms with van der Waals surface area (Å²) in [6.07, 6.45) is 2.35. The molecule has 0 unspecified atom stereocenters. The van der Waals surface area contributed by atoms with Crippen LogP contribution < -0.4 is 10.4 Å². The smallest absolute Gasteiger partial charge is 0.409 e. The van der Waals surface area contributed by atoms with E-state index >= 15 is 8.78 Å². The van der Waals surface area contributed by atoms with Crippen molar-refractivity contribution in [2.45, 2.75) is 19.4 Å². The second-order valence-corrected chi connectivity index (χ2v) is 8.39. The van der Waals surface area contributed by atoms with Gasteiger partial charge in [-0.25, -0.2) is 33.4 Å². The van der Waals surface area contributed by atoms with Crippen molar-refractivity contribution < 1.29 is 27.8 Å². The Hall–Kier alpha value is -4.28. The minimum atomic E-state index is -0.869. The normalized spacial score (nSPS) is 17.4. The zero-order valence-corrected chi connectivity index (χ0v) is 19.5. The fourth-order valence-electron chi connectivity index (χ4n) is 4.40. The largest absolute Gasteiger partial charge is 0.453 e. The van der Waals surface area contributed by atoms with Crippen molar-refractivity contribution in [2.24, 2.45) is 4.99 Å². The molecule has 1 aromatic carbocycles. The monoisotopic (exact) mass is 496 g/mol. The van der Waals surface area contributed by atoms with Crippen LogP contribution in [0, 0.1) is 18.6 Å². The van der Waals surface area contributed by atoms with E-state index in [0.29, 0.717) is 24.5 Å². The van der Waals surface area contributed by atoms with Crippen LogP contribution in [0.4, 0.5) is 19.3 Å². The van der Waals surface area contributed by atoms with Gasteiger partial charge in [-0.1, -0.05) is 0 Å². The molecule has 4 heterocycles. The number of methoxy groups -OCH3 is 1. The van der Waals surface area contributed by atoms with Crippen LogP contribution in [0.3, 0.4) is 0 Å². The van der Waals surface area contributed by atoms with Gasteiger partial charge in [0.15, 0.2) is 5.94 Å². The number of aryl methyl sites for hydroxylation is 1. The molecular weight excluding hydrogens is 474 g/mol. The fraction of sp³-hybridized carbons (Fsp3) is 0.292. The molecule has 12 heteroatoms. The van der Waals surface area contributed by atoms with Crippen molar-refractivity contribution in [3.8, 4) is 11.3 Å². The van der Waals surface area contributed by atoms with E-state index in [-0.39, 0.29) is 35.7 Å². The number of carbonyl (C=O) groups is 1. The lowest BCUT2D eigenvalue weighted by Gasteiger charge is -2.32. The number of rotatable bonds is 4. The van der Waals surface area contributed by atoms with Gasteiger partial charge in [0.2, 0.25) is 5.82 Å². The molecule has 1 fully saturated rings. The predicted molar refractivity (Wildman–Crippen MR) is 126 cm³/mol. The maximum absolute atomic E-state index is 15.5. The number of amides is 1. The maximum atomic E-state index is 15.5. The molecule has 0 saturated carbocycles. The Morgan fingerprint density at radius 1 is 1.31 bits per heavy atom. The first-order valence-electron chi connectivity index (χ1n) is 11.1. The molecule has 2 aliphatic rings. The van der Waals surface area contributed by atoms with Crippen LogP contribution in [0.2, 0.25) is 0 Å². The van der Waals surface area contributed by atoms with E-state index in [2.05, 4.69) is 15.4 Å². The number of benzene rings is 1. The second kappa shape index (κ2) is 9.40. The van der Waals surface area contributed by atoms with Gasteiger partial charge in [0.25, 0.3) is 0 Å². The molecule has 1 N–H and O–H groups in total. The molecule has 2 aromatic heterocycles. The number of pyridine rings is 1. The Morgan fingerprint density at radius 2 is 2.08 bits per heavy atom. The molecular formula is C24H22F2N6O4. The van der Waals surface area contributed by atoms with Crippen molar-refractivity contribution >= 4 is 29.7 Å². The number of nitrogens with zero attached hydrogens (tertiary/aromatic N) is 5. The quantitative estimate of drug-likeness (QED) is 0.555. The van der Waals surface area contributed by atoms with Crippen LogP contribution in [0.15, 0.2) is 41.3 Å². The summed E-state index contributed by atoms with van der Waals surface area (Å²) in [6, 6.07) is 5.86. The van der Waals surface area contributed by atoms with Crippen molar-refractivity contribution in [3.63, 3.8) is 0 Å². The zero-order chi connectivity index (χ0) is 25.4. The Labute approximate surface area is 204 Å². The summed E-state index contributed by atoms with van der Waals surface area (Å²) in [4.78, 5) is 33.0. The molecule has 1 atom stereocenters. The number of aromatic nitrogens is 2. The standard InChI is InChI=1S/C24H22F2N6O4/c1-14-3-4-31-19(10-16-11-30(5-6-36-16)24(34)35-2)23(29-20(31)7-14)22-17(25)8-15(9-18(22)26)32-21(12-33)27-13-28-32/h3-4,7-9,13,16H,5-6,10-11H2,1-2H3,(H,27,28)/t16-/m0/s1. The minimum absolute atomic E-state index is 0.0371. The number of ether oxygens (including phenoxy) is 2. The Kier molecular flexibility index (Phi) is 6.13. The molecule has 1 amide bonds. The summed E-state index contributed by atoms with van der Waals surface area (Å²) in [7, 11) is 1.31. The molecule has 0 aliphatic carbocycles. The number of hydrazine groups is 1. The van der Waals surface area contributed by atoms with Crippen LogP contribution in [-0.2, 0) is 20.7 Å². The third-order valence-electron chi connectivity index (χ3n) is 6.07. The number of aliphatic imine (C=N–C) groups is 1. The molecule has 0 radical (unpaired) electrons. The topological polar surface area (TPSA) is 101 Å². The predicted octanol–water partition coefficient (Wildman–Crippen LogP) is 2.62. The Balaban J connectivity index is 1.57. The lowest BCUT2D eigenvalue weighted by molar-refractivity contribution is -0.0241. The summed E-state index contributed by atoms with van der Waals surface area (Å²) in [5, 5.41) is 1.12. The van der Waals surface area contributed by atoms with Gasteiger partial charge in [-0.05, 0) is 24.6 Å². The summed E-state index contributed by atoms with van der Waals surface area (Å²) < 4.78 is 43.4. The van der Waals surface area contributed by atoms with Gasteiger partial charge in [0.1, 0.15) is 23.6 Å². The van der Waals surface area contributed by atoms with Crippen molar-refractivity contribution in [1.29, 1.82) is 0 Å². The Morgan fingerprint density at radius 3 is 2.81 bits per heavy atom. The first-order chi connectivity index (χ1) is 17.4. The molecule has 3 aromatic rings. The number of halogens is 2. The van der Waals surface area contributed by atoms with Gasteiger partial charge in [-0.3, -0.25) is 5.43 Å². The van der Waals surface area contributed by atoms with Crippen molar-refractivity contribution in [3.05, 3.63) is 59.2 Å². The number of fused-ring (bicyclic) bond motifs is 1. The highest BCUT2D eigenvalue weighted by Crippen LogP contribution is 2.34. The van der Waals surface area contributed by atoms with Crippen molar-refractivity contribution in [1.82, 2.24) is 19.7 Å². The van der Waals surface area contributed by atoms with Crippen LogP contribution in [0.25, 0.3) is 16.9 Å². The average molecular weight is 496 g/mol. The number of anilines is 1. The third-order valence-corrected chi connectivity index (χ3v) is 6.07. The second-order valence-electron chi connectivity index (χ2n) is 8.39. The summed E-state index contributed by atoms with van der Waals surface area (Å²) in [6.45, 7) is 2.85. The molecule has 5 rings (SSSR count). The van der Waals surface area contributed by atoms with Crippen LogP contribution in [0.1, 0.15) is 11.3 Å². The third kappa shape index (κ3) is 4.16. The summed E-state index contributed by atoms with van der Waals surface area (Å²) >= 11 is 0. The lowest BCUT2D eigenvalue weighted by atomic mass is 10.0. The van der Waals surface area contributed by atoms with E-state index in [1.54, 1.807) is 16.5 Å². The number of carbonyl (C=O) groups excluding carboxylic acids is 2.